The number of carbonyl (C=O) groups is 9. The topological polar surface area (TPSA) is 313 Å². The second-order valence-corrected chi connectivity index (χ2v) is 13.8. The van der Waals surface area contributed by atoms with Crippen LogP contribution in [0.2, 0.25) is 0 Å². The zero-order chi connectivity index (χ0) is 45.4. The molecule has 0 spiro atoms. The molecule has 62 heavy (non-hydrogen) atoms. The summed E-state index contributed by atoms with van der Waals surface area (Å²) in [6.07, 6.45) is -1.23. The van der Waals surface area contributed by atoms with Crippen LogP contribution in [0.15, 0.2) is 84.9 Å². The van der Waals surface area contributed by atoms with Crippen molar-refractivity contribution in [2.45, 2.75) is 82.1 Å². The van der Waals surface area contributed by atoms with Gasteiger partial charge in [-0.05, 0) is 54.5 Å². The van der Waals surface area contributed by atoms with E-state index < -0.39 is 104 Å². The van der Waals surface area contributed by atoms with Crippen molar-refractivity contribution in [1.29, 1.82) is 0 Å². The van der Waals surface area contributed by atoms with E-state index in [1.165, 1.54) is 12.1 Å². The number of hydrogen-bond donors (Lipinski definition) is 9. The number of unbranched alkanes of at least 4 members (excludes halogenated alkanes) is 1. The first-order valence-electron chi connectivity index (χ1n) is 19.4. The van der Waals surface area contributed by atoms with Crippen LogP contribution in [0.25, 0.3) is 0 Å². The lowest BCUT2D eigenvalue weighted by Gasteiger charge is -2.20. The Balaban J connectivity index is 1.47. The van der Waals surface area contributed by atoms with E-state index in [0.29, 0.717) is 5.56 Å². The molecule has 0 unspecified atom stereocenters. The lowest BCUT2D eigenvalue weighted by atomic mass is 10.0. The van der Waals surface area contributed by atoms with Gasteiger partial charge in [-0.25, -0.2) is 19.2 Å². The predicted octanol–water partition coefficient (Wildman–Crippen LogP) is 1.40. The Morgan fingerprint density at radius 2 is 1.08 bits per heavy atom. The van der Waals surface area contributed by atoms with Gasteiger partial charge >= 0.3 is 35.9 Å². The first-order chi connectivity index (χ1) is 29.6. The van der Waals surface area contributed by atoms with Crippen molar-refractivity contribution < 1.29 is 73.1 Å². The van der Waals surface area contributed by atoms with Crippen molar-refractivity contribution in [2.24, 2.45) is 0 Å². The first-order valence-corrected chi connectivity index (χ1v) is 19.4. The summed E-state index contributed by atoms with van der Waals surface area (Å²) >= 11 is 0. The van der Waals surface area contributed by atoms with E-state index in [9.17, 15) is 58.5 Å². The molecule has 0 aromatic heterocycles. The van der Waals surface area contributed by atoms with Crippen molar-refractivity contribution in [1.82, 2.24) is 26.6 Å². The number of amides is 5. The van der Waals surface area contributed by atoms with Crippen LogP contribution in [0.3, 0.4) is 0 Å². The molecule has 0 fully saturated rings. The van der Waals surface area contributed by atoms with Crippen LogP contribution in [0.5, 0.6) is 5.75 Å². The lowest BCUT2D eigenvalue weighted by molar-refractivity contribution is -0.149. The Morgan fingerprint density at radius 1 is 0.548 bits per heavy atom. The van der Waals surface area contributed by atoms with Gasteiger partial charge in [-0.1, -0.05) is 72.8 Å². The molecule has 0 aliphatic heterocycles. The summed E-state index contributed by atoms with van der Waals surface area (Å²) in [6.45, 7) is -0.453. The standard InChI is InChI=1S/C42H49N5O15/c48-34(23-37(52)62-24-28-11-5-2-6-12-28)45-33(41(58)59)22-27-14-16-29(17-15-27)61-25-35(49)44-32(21-26-9-3-1-4-10-26)38(53)43-20-8-7-13-30(39(54)55)46-42(60)47-31(40(56)57)18-19-36(50)51/h1-6,9-12,14-17,30-33H,7-8,13,18-25H2,(H,43,53)(H,44,49)(H,45,48)(H,50,51)(H,54,55)(H,56,57)(H,58,59)(H2,46,47,60)/t30-,31-,32-,33-/m0/s1. The van der Waals surface area contributed by atoms with Crippen LogP contribution < -0.4 is 31.3 Å². The SMILES string of the molecule is O=C(O)CC[C@H](NC(=O)N[C@@H](CCCCNC(=O)[C@H](Cc1ccccc1)NC(=O)COc1ccc(C[C@H](NC(=O)CC(=O)OCc2ccccc2)C(=O)O)cc1)C(=O)O)C(=O)O. The number of aliphatic carboxylic acids is 4. The van der Waals surface area contributed by atoms with Crippen LogP contribution in [-0.2, 0) is 62.5 Å². The Labute approximate surface area is 355 Å². The van der Waals surface area contributed by atoms with E-state index >= 15 is 0 Å². The number of benzene rings is 3. The second kappa shape index (κ2) is 25.9. The molecule has 0 bridgehead atoms. The Hall–Kier alpha value is -7.51. The molecule has 0 aliphatic rings. The highest BCUT2D eigenvalue weighted by Gasteiger charge is 2.26. The van der Waals surface area contributed by atoms with Crippen LogP contribution in [0.4, 0.5) is 4.79 Å². The molecule has 0 radical (unpaired) electrons. The molecule has 3 rings (SSSR count). The van der Waals surface area contributed by atoms with Gasteiger partial charge in [0.05, 0.1) is 0 Å². The minimum Gasteiger partial charge on any atom is -0.484 e. The minimum absolute atomic E-state index is 0.0376. The third-order valence-corrected chi connectivity index (χ3v) is 8.92. The number of carboxylic acids is 4. The van der Waals surface area contributed by atoms with Crippen molar-refractivity contribution >= 4 is 53.6 Å². The first kappa shape index (κ1) is 48.9. The molecule has 0 aliphatic carbocycles. The van der Waals surface area contributed by atoms with E-state index in [0.717, 1.165) is 11.1 Å². The number of carboxylic acid groups (broad SMARTS) is 4. The molecule has 0 saturated heterocycles. The quantitative estimate of drug-likeness (QED) is 0.0297. The second-order valence-electron chi connectivity index (χ2n) is 13.8. The van der Waals surface area contributed by atoms with Gasteiger partial charge in [-0.15, -0.1) is 0 Å². The summed E-state index contributed by atoms with van der Waals surface area (Å²) in [5, 5.41) is 49.1. The summed E-state index contributed by atoms with van der Waals surface area (Å²) in [7, 11) is 0. The number of esters is 1. The average Bonchev–Trinajstić information content (AvgIpc) is 3.23. The van der Waals surface area contributed by atoms with E-state index in [2.05, 4.69) is 21.3 Å². The molecule has 3 aromatic rings. The predicted molar refractivity (Wildman–Crippen MR) is 216 cm³/mol. The Kier molecular flexibility index (Phi) is 20.4. The molecular weight excluding hydrogens is 814 g/mol. The molecule has 20 heteroatoms. The number of ether oxygens (including phenoxy) is 2. The van der Waals surface area contributed by atoms with Gasteiger partial charge < -0.3 is 56.5 Å². The van der Waals surface area contributed by atoms with Crippen LogP contribution in [0.1, 0.15) is 55.2 Å². The van der Waals surface area contributed by atoms with Crippen LogP contribution in [-0.4, -0.2) is 111 Å². The minimum atomic E-state index is -1.55. The monoisotopic (exact) mass is 863 g/mol. The largest absolute Gasteiger partial charge is 0.484 e. The van der Waals surface area contributed by atoms with E-state index in [1.807, 2.05) is 5.32 Å². The van der Waals surface area contributed by atoms with Gasteiger partial charge in [0, 0.05) is 25.8 Å². The molecule has 20 nitrogen and oxygen atoms in total. The van der Waals surface area contributed by atoms with Crippen molar-refractivity contribution in [3.05, 3.63) is 102 Å². The third-order valence-electron chi connectivity index (χ3n) is 8.92. The fourth-order valence-corrected chi connectivity index (χ4v) is 5.72. The maximum Gasteiger partial charge on any atom is 0.326 e. The van der Waals surface area contributed by atoms with Gasteiger partial charge in [-0.3, -0.25) is 24.0 Å². The molecule has 0 heterocycles. The van der Waals surface area contributed by atoms with Crippen molar-refractivity contribution in [2.75, 3.05) is 13.2 Å². The zero-order valence-corrected chi connectivity index (χ0v) is 33.5. The number of urea groups is 1. The summed E-state index contributed by atoms with van der Waals surface area (Å²) in [5.41, 5.74) is 1.97. The van der Waals surface area contributed by atoms with E-state index in [4.69, 9.17) is 14.6 Å². The number of hydrogen-bond acceptors (Lipinski definition) is 11. The van der Waals surface area contributed by atoms with Gasteiger partial charge in [-0.2, -0.15) is 0 Å². The summed E-state index contributed by atoms with van der Waals surface area (Å²) in [4.78, 5) is 109. The van der Waals surface area contributed by atoms with Gasteiger partial charge in [0.15, 0.2) is 6.61 Å². The molecule has 332 valence electrons. The summed E-state index contributed by atoms with van der Waals surface area (Å²) in [6, 6.07) is 17.3. The van der Waals surface area contributed by atoms with E-state index in [1.54, 1.807) is 72.8 Å². The normalized spacial score (nSPS) is 12.5. The highest BCUT2D eigenvalue weighted by Crippen LogP contribution is 2.14. The van der Waals surface area contributed by atoms with Gasteiger partial charge in [0.1, 0.15) is 42.9 Å². The van der Waals surface area contributed by atoms with Crippen LogP contribution >= 0.6 is 0 Å². The number of carbonyl (C=O) groups excluding carboxylic acids is 5. The maximum atomic E-state index is 13.2. The molecule has 5 amide bonds. The average molecular weight is 864 g/mol. The highest BCUT2D eigenvalue weighted by molar-refractivity contribution is 5.96. The summed E-state index contributed by atoms with van der Waals surface area (Å²) in [5.74, 6) is -8.04. The molecule has 0 saturated carbocycles. The van der Waals surface area contributed by atoms with Gasteiger partial charge in [0.25, 0.3) is 5.91 Å². The third kappa shape index (κ3) is 19.0. The van der Waals surface area contributed by atoms with Crippen molar-refractivity contribution in [3.63, 3.8) is 0 Å². The summed E-state index contributed by atoms with van der Waals surface area (Å²) < 4.78 is 10.7. The molecule has 4 atom stereocenters. The van der Waals surface area contributed by atoms with Crippen molar-refractivity contribution in [3.8, 4) is 5.75 Å². The molecule has 9 N–H and O–H groups in total. The number of rotatable bonds is 27. The highest BCUT2D eigenvalue weighted by atomic mass is 16.5. The Bertz CT molecular complexity index is 2000. The number of nitrogens with one attached hydrogen (secondary N) is 5. The Morgan fingerprint density at radius 3 is 1.66 bits per heavy atom. The fraction of sp³-hybridized carbons (Fsp3) is 0.357. The smallest absolute Gasteiger partial charge is 0.326 e. The van der Waals surface area contributed by atoms with Gasteiger partial charge in [0.2, 0.25) is 11.8 Å². The maximum absolute atomic E-state index is 13.2. The van der Waals surface area contributed by atoms with E-state index in [-0.39, 0.29) is 51.0 Å². The van der Waals surface area contributed by atoms with Crippen LogP contribution in [0, 0.1) is 0 Å². The zero-order valence-electron chi connectivity index (χ0n) is 33.5. The molecular formula is C42H49N5O15. The molecule has 3 aromatic carbocycles. The fourth-order valence-electron chi connectivity index (χ4n) is 5.72. The lowest BCUT2D eigenvalue weighted by Crippen LogP contribution is -2.51.